The Morgan fingerprint density at radius 2 is 1.95 bits per heavy atom. The van der Waals surface area contributed by atoms with Crippen LogP contribution in [0.3, 0.4) is 0 Å². The lowest BCUT2D eigenvalue weighted by Crippen LogP contribution is -2.59. The van der Waals surface area contributed by atoms with Crippen LogP contribution in [0.25, 0.3) is 0 Å². The molecule has 0 radical (unpaired) electrons. The molecule has 0 aliphatic carbocycles. The molecule has 1 aliphatic heterocycles. The average molecular weight is 374 g/mol. The van der Waals surface area contributed by atoms with Crippen LogP contribution < -0.4 is 5.73 Å². The fourth-order valence-corrected chi connectivity index (χ4v) is 2.97. The van der Waals surface area contributed by atoms with Crippen molar-refractivity contribution in [3.8, 4) is 0 Å². The summed E-state index contributed by atoms with van der Waals surface area (Å²) in [5, 5.41) is 0. The van der Waals surface area contributed by atoms with E-state index in [1.807, 2.05) is 12.1 Å². The van der Waals surface area contributed by atoms with Crippen molar-refractivity contribution < 1.29 is 4.39 Å². The molecule has 0 spiro atoms. The van der Waals surface area contributed by atoms with Crippen LogP contribution in [-0.2, 0) is 6.54 Å². The van der Waals surface area contributed by atoms with E-state index in [4.69, 9.17) is 18.0 Å². The Morgan fingerprint density at radius 3 is 2.48 bits per heavy atom. The van der Waals surface area contributed by atoms with Gasteiger partial charge >= 0.3 is 0 Å². The van der Waals surface area contributed by atoms with Gasteiger partial charge < -0.3 is 5.73 Å². The number of hydrogen-bond acceptors (Lipinski definition) is 3. The largest absolute Gasteiger partial charge is 0.392 e. The number of rotatable bonds is 4. The van der Waals surface area contributed by atoms with Crippen molar-refractivity contribution in [2.45, 2.75) is 25.9 Å². The molecule has 1 aliphatic rings. The second-order valence-electron chi connectivity index (χ2n) is 5.92. The zero-order valence-corrected chi connectivity index (χ0v) is 14.8. The summed E-state index contributed by atoms with van der Waals surface area (Å²) in [4.78, 5) is 5.08. The summed E-state index contributed by atoms with van der Waals surface area (Å²) in [6.45, 7) is 8.31. The third-order valence-electron chi connectivity index (χ3n) is 4.17. The zero-order valence-electron chi connectivity index (χ0n) is 12.4. The van der Waals surface area contributed by atoms with E-state index in [0.717, 1.165) is 36.2 Å². The van der Waals surface area contributed by atoms with Gasteiger partial charge in [0.1, 0.15) is 5.82 Å². The summed E-state index contributed by atoms with van der Waals surface area (Å²) in [5.74, 6) is -0.157. The number of benzene rings is 1. The number of piperazine rings is 1. The molecule has 2 N–H and O–H groups in total. The van der Waals surface area contributed by atoms with Crippen molar-refractivity contribution in [3.05, 3.63) is 34.1 Å². The SMILES string of the molecule is CC(C)(C(N)=S)N1CCN(Cc2ccc(Br)cc2F)CC1. The first-order valence-electron chi connectivity index (χ1n) is 7.02. The third kappa shape index (κ3) is 4.00. The van der Waals surface area contributed by atoms with E-state index in [-0.39, 0.29) is 11.4 Å². The molecule has 3 nitrogen and oxygen atoms in total. The van der Waals surface area contributed by atoms with Crippen LogP contribution in [0.15, 0.2) is 22.7 Å². The molecule has 1 aromatic rings. The van der Waals surface area contributed by atoms with Gasteiger partial charge in [0, 0.05) is 42.8 Å². The monoisotopic (exact) mass is 373 g/mol. The summed E-state index contributed by atoms with van der Waals surface area (Å²) < 4.78 is 14.6. The average Bonchev–Trinajstić information content (AvgIpc) is 2.42. The van der Waals surface area contributed by atoms with Gasteiger partial charge in [0.2, 0.25) is 0 Å². The molecule has 0 bridgehead atoms. The molecule has 1 saturated heterocycles. The first-order chi connectivity index (χ1) is 9.80. The molecule has 1 fully saturated rings. The number of nitrogens with two attached hydrogens (primary N) is 1. The van der Waals surface area contributed by atoms with Crippen LogP contribution in [0, 0.1) is 5.82 Å². The normalized spacial score (nSPS) is 17.9. The van der Waals surface area contributed by atoms with Crippen molar-refractivity contribution in [2.24, 2.45) is 5.73 Å². The molecule has 0 unspecified atom stereocenters. The molecular formula is C15H21BrFN3S. The highest BCUT2D eigenvalue weighted by Crippen LogP contribution is 2.20. The molecule has 2 rings (SSSR count). The van der Waals surface area contributed by atoms with Crippen LogP contribution in [0.5, 0.6) is 0 Å². The summed E-state index contributed by atoms with van der Waals surface area (Å²) in [6, 6.07) is 5.23. The van der Waals surface area contributed by atoms with Gasteiger partial charge in [-0.25, -0.2) is 4.39 Å². The maximum absolute atomic E-state index is 13.9. The first-order valence-corrected chi connectivity index (χ1v) is 8.22. The summed E-state index contributed by atoms with van der Waals surface area (Å²) in [6.07, 6.45) is 0. The second-order valence-corrected chi connectivity index (χ2v) is 7.28. The molecule has 0 atom stereocenters. The van der Waals surface area contributed by atoms with Gasteiger partial charge in [-0.3, -0.25) is 9.80 Å². The fourth-order valence-electron chi connectivity index (χ4n) is 2.51. The minimum atomic E-state index is -0.260. The molecule has 0 amide bonds. The zero-order chi connectivity index (χ0) is 15.6. The van der Waals surface area contributed by atoms with Crippen LogP contribution >= 0.6 is 28.1 Å². The smallest absolute Gasteiger partial charge is 0.128 e. The topological polar surface area (TPSA) is 32.5 Å². The van der Waals surface area contributed by atoms with Crippen molar-refractivity contribution in [1.82, 2.24) is 9.80 Å². The standard InChI is InChI=1S/C15H21BrFN3S/c1-15(2,14(18)21)20-7-5-19(6-8-20)10-11-3-4-12(16)9-13(11)17/h3-4,9H,5-8,10H2,1-2H3,(H2,18,21). The quantitative estimate of drug-likeness (QED) is 0.822. The lowest BCUT2D eigenvalue weighted by Gasteiger charge is -2.43. The van der Waals surface area contributed by atoms with Gasteiger partial charge in [-0.05, 0) is 26.0 Å². The Labute approximate surface area is 139 Å². The van der Waals surface area contributed by atoms with Crippen LogP contribution in [-0.4, -0.2) is 46.5 Å². The van der Waals surface area contributed by atoms with Crippen LogP contribution in [0.4, 0.5) is 4.39 Å². The lowest BCUT2D eigenvalue weighted by molar-refractivity contribution is 0.0815. The maximum Gasteiger partial charge on any atom is 0.128 e. The van der Waals surface area contributed by atoms with E-state index in [1.54, 1.807) is 0 Å². The summed E-state index contributed by atoms with van der Waals surface area (Å²) in [5.41, 5.74) is 6.29. The van der Waals surface area contributed by atoms with Crippen LogP contribution in [0.1, 0.15) is 19.4 Å². The second kappa shape index (κ2) is 6.69. The predicted molar refractivity (Wildman–Crippen MR) is 91.8 cm³/mol. The molecule has 1 heterocycles. The first kappa shape index (κ1) is 16.8. The van der Waals surface area contributed by atoms with Gasteiger partial charge in [-0.15, -0.1) is 0 Å². The maximum atomic E-state index is 13.9. The predicted octanol–water partition coefficient (Wildman–Crippen LogP) is 2.77. The highest BCUT2D eigenvalue weighted by atomic mass is 79.9. The van der Waals surface area contributed by atoms with Gasteiger partial charge in [0.25, 0.3) is 0 Å². The number of thiocarbonyl (C=S) groups is 1. The minimum absolute atomic E-state index is 0.157. The summed E-state index contributed by atoms with van der Waals surface area (Å²) in [7, 11) is 0. The van der Waals surface area contributed by atoms with Gasteiger partial charge in [0.15, 0.2) is 0 Å². The van der Waals surface area contributed by atoms with Crippen LogP contribution in [0.2, 0.25) is 0 Å². The summed E-state index contributed by atoms with van der Waals surface area (Å²) >= 11 is 8.43. The highest BCUT2D eigenvalue weighted by Gasteiger charge is 2.32. The number of hydrogen-bond donors (Lipinski definition) is 1. The van der Waals surface area contributed by atoms with Crippen molar-refractivity contribution in [2.75, 3.05) is 26.2 Å². The number of halogens is 2. The third-order valence-corrected chi connectivity index (χ3v) is 5.17. The molecule has 21 heavy (non-hydrogen) atoms. The van der Waals surface area contributed by atoms with Gasteiger partial charge in [-0.2, -0.15) is 0 Å². The van der Waals surface area contributed by atoms with Crippen molar-refractivity contribution in [1.29, 1.82) is 0 Å². The molecule has 1 aromatic carbocycles. The van der Waals surface area contributed by atoms with E-state index < -0.39 is 0 Å². The van der Waals surface area contributed by atoms with E-state index in [1.165, 1.54) is 6.07 Å². The highest BCUT2D eigenvalue weighted by molar-refractivity contribution is 9.10. The fraction of sp³-hybridized carbons (Fsp3) is 0.533. The lowest BCUT2D eigenvalue weighted by atomic mass is 10.0. The Kier molecular flexibility index (Phi) is 5.35. The van der Waals surface area contributed by atoms with Crippen molar-refractivity contribution >= 4 is 33.1 Å². The Bertz CT molecular complexity index is 528. The Balaban J connectivity index is 1.94. The van der Waals surface area contributed by atoms with Gasteiger partial charge in [0.05, 0.1) is 10.5 Å². The van der Waals surface area contributed by atoms with E-state index >= 15 is 0 Å². The number of nitrogens with zero attached hydrogens (tertiary/aromatic N) is 2. The minimum Gasteiger partial charge on any atom is -0.392 e. The van der Waals surface area contributed by atoms with E-state index in [2.05, 4.69) is 39.6 Å². The molecular weight excluding hydrogens is 353 g/mol. The molecule has 6 heteroatoms. The molecule has 116 valence electrons. The van der Waals surface area contributed by atoms with Gasteiger partial charge in [-0.1, -0.05) is 34.2 Å². The molecule has 0 aromatic heterocycles. The molecule has 0 saturated carbocycles. The van der Waals surface area contributed by atoms with E-state index in [0.29, 0.717) is 11.5 Å². The van der Waals surface area contributed by atoms with Crippen molar-refractivity contribution in [3.63, 3.8) is 0 Å². The Hall–Kier alpha value is -0.560. The Morgan fingerprint density at radius 1 is 1.33 bits per heavy atom. The van der Waals surface area contributed by atoms with E-state index in [9.17, 15) is 4.39 Å².